The second-order valence-electron chi connectivity index (χ2n) is 18.3. The first kappa shape index (κ1) is 58.7. The number of benzene rings is 2. The molecule has 0 unspecified atom stereocenters. The Hall–Kier alpha value is -7.89. The van der Waals surface area contributed by atoms with Crippen LogP contribution >= 0.6 is 0 Å². The van der Waals surface area contributed by atoms with Gasteiger partial charge >= 0.3 is 5.97 Å². The third-order valence-electron chi connectivity index (χ3n) is 12.5. The number of Topliss-reactive ketones (excluding diaryl/α,β-unsaturated/α-hetero) is 2. The molecule has 402 valence electrons. The summed E-state index contributed by atoms with van der Waals surface area (Å²) in [5.74, 6) is -9.49. The number of nitrogens with zero attached hydrogens (tertiary/aromatic N) is 2. The van der Waals surface area contributed by atoms with Crippen LogP contribution in [-0.2, 0) is 56.0 Å². The fourth-order valence-electron chi connectivity index (χ4n) is 8.62. The number of aliphatic imine (C=N–C) groups is 2. The van der Waals surface area contributed by atoms with Crippen molar-refractivity contribution in [3.63, 3.8) is 0 Å². The maximum absolute atomic E-state index is 14.7. The molecule has 1 aliphatic rings. The molecule has 0 aliphatic carbocycles. The standard InChI is InChI=1S/C50H72N14O10/c1-29(65)60-36(17-10-22-58-50(54)55)45(70)61-37-16-7-8-20-56-43(68)27-40(48(73)74)64-44(69)32(24-33-28-59-35-15-6-5-14-34(33)35)26-41(66)31(13-9-21-57-49(52)53)25-42(67)39(23-30-11-3-2-4-12-30)63-47(72)38(18-19-51)62-46(37)71/h2-6,11-12,14-15,28,31-32,36-40,59H,7-10,13,16-27,51H2,1H3,(H,56,68)(H,60,65)(H,61,70)(H,62,71)(H,63,72)(H,64,69)(H,73,74)(H4,52,53,57)(H4,54,55,58)/t31-,32-,36+,37+,38+,39-,40+/m1/s1. The van der Waals surface area contributed by atoms with Crippen molar-refractivity contribution in [1.82, 2.24) is 36.9 Å². The summed E-state index contributed by atoms with van der Waals surface area (Å²) in [4.78, 5) is 135. The Morgan fingerprint density at radius 2 is 1.41 bits per heavy atom. The minimum absolute atomic E-state index is 0.00197. The number of para-hydroxylation sites is 1. The first-order valence-electron chi connectivity index (χ1n) is 24.8. The van der Waals surface area contributed by atoms with Gasteiger partial charge in [0.15, 0.2) is 17.7 Å². The Kier molecular flexibility index (Phi) is 24.0. The number of nitrogens with two attached hydrogens (primary N) is 5. The fourth-order valence-corrected chi connectivity index (χ4v) is 8.62. The molecule has 2 aromatic carbocycles. The van der Waals surface area contributed by atoms with Crippen molar-refractivity contribution >= 4 is 75.8 Å². The zero-order valence-corrected chi connectivity index (χ0v) is 41.7. The molecule has 0 spiro atoms. The number of fused-ring (bicyclic) bond motifs is 1. The number of carboxylic acids is 1. The van der Waals surface area contributed by atoms with Gasteiger partial charge in [-0.05, 0) is 87.9 Å². The summed E-state index contributed by atoms with van der Waals surface area (Å²) < 4.78 is 0. The second-order valence-corrected chi connectivity index (χ2v) is 18.3. The van der Waals surface area contributed by atoms with Crippen LogP contribution in [0.1, 0.15) is 88.7 Å². The van der Waals surface area contributed by atoms with E-state index in [-0.39, 0.29) is 102 Å². The third kappa shape index (κ3) is 20.0. The monoisotopic (exact) mass is 1030 g/mol. The predicted molar refractivity (Wildman–Crippen MR) is 276 cm³/mol. The molecule has 0 radical (unpaired) electrons. The zero-order valence-electron chi connectivity index (χ0n) is 41.7. The lowest BCUT2D eigenvalue weighted by atomic mass is 9.83. The topological polar surface area (TPSA) is 417 Å². The van der Waals surface area contributed by atoms with E-state index in [4.69, 9.17) is 28.7 Å². The zero-order chi connectivity index (χ0) is 54.2. The van der Waals surface area contributed by atoms with Crippen molar-refractivity contribution in [3.8, 4) is 0 Å². The molecule has 24 nitrogen and oxygen atoms in total. The van der Waals surface area contributed by atoms with Gasteiger partial charge in [0.2, 0.25) is 35.4 Å². The summed E-state index contributed by atoms with van der Waals surface area (Å²) in [6, 6.07) is 9.38. The highest BCUT2D eigenvalue weighted by Crippen LogP contribution is 2.26. The van der Waals surface area contributed by atoms with E-state index in [1.807, 2.05) is 24.3 Å². The number of aromatic amines is 1. The van der Waals surface area contributed by atoms with Gasteiger partial charge in [0.05, 0.1) is 12.5 Å². The van der Waals surface area contributed by atoms with E-state index in [0.717, 1.165) is 10.9 Å². The second kappa shape index (κ2) is 30.2. The van der Waals surface area contributed by atoms with Crippen molar-refractivity contribution in [1.29, 1.82) is 0 Å². The molecule has 1 fully saturated rings. The van der Waals surface area contributed by atoms with Gasteiger partial charge in [-0.1, -0.05) is 48.5 Å². The maximum atomic E-state index is 14.7. The van der Waals surface area contributed by atoms with Gasteiger partial charge in [0, 0.05) is 68.3 Å². The van der Waals surface area contributed by atoms with Crippen molar-refractivity contribution < 1.29 is 48.3 Å². The molecule has 0 saturated carbocycles. The van der Waals surface area contributed by atoms with Crippen LogP contribution in [0.2, 0.25) is 0 Å². The number of guanidine groups is 2. The number of H-pyrrole nitrogens is 1. The molecule has 24 heteroatoms. The maximum Gasteiger partial charge on any atom is 0.326 e. The lowest BCUT2D eigenvalue weighted by Gasteiger charge is -2.27. The van der Waals surface area contributed by atoms with Crippen molar-refractivity contribution in [2.75, 3.05) is 26.2 Å². The highest BCUT2D eigenvalue weighted by atomic mass is 16.4. The van der Waals surface area contributed by atoms with Crippen molar-refractivity contribution in [2.45, 2.75) is 121 Å². The number of carboxylic acid groups (broad SMARTS) is 1. The largest absolute Gasteiger partial charge is 0.480 e. The van der Waals surface area contributed by atoms with Crippen LogP contribution < -0.4 is 60.6 Å². The van der Waals surface area contributed by atoms with Crippen molar-refractivity contribution in [2.24, 2.45) is 50.5 Å². The van der Waals surface area contributed by atoms with Crippen LogP contribution in [0.3, 0.4) is 0 Å². The van der Waals surface area contributed by atoms with Gasteiger partial charge < -0.3 is 70.7 Å². The number of hydrogen-bond acceptors (Lipinski definition) is 12. The number of carbonyl (C=O) groups is 9. The number of carbonyl (C=O) groups excluding carboxylic acids is 8. The molecule has 7 atom stereocenters. The van der Waals surface area contributed by atoms with E-state index in [2.05, 4.69) is 46.9 Å². The summed E-state index contributed by atoms with van der Waals surface area (Å²) >= 11 is 0. The van der Waals surface area contributed by atoms with Gasteiger partial charge in [-0.2, -0.15) is 0 Å². The normalized spacial score (nSPS) is 21.4. The smallest absolute Gasteiger partial charge is 0.326 e. The molecule has 4 rings (SSSR count). The summed E-state index contributed by atoms with van der Waals surface area (Å²) in [6.45, 7) is 1.37. The predicted octanol–water partition coefficient (Wildman–Crippen LogP) is -1.22. The first-order chi connectivity index (χ1) is 35.3. The molecule has 1 aliphatic heterocycles. The van der Waals surface area contributed by atoms with Gasteiger partial charge in [-0.15, -0.1) is 0 Å². The Bertz CT molecular complexity index is 2470. The quantitative estimate of drug-likeness (QED) is 0.0404. The van der Waals surface area contributed by atoms with Crippen LogP contribution in [0.25, 0.3) is 10.9 Å². The van der Waals surface area contributed by atoms with E-state index in [0.29, 0.717) is 11.1 Å². The van der Waals surface area contributed by atoms with E-state index in [1.54, 1.807) is 36.5 Å². The van der Waals surface area contributed by atoms with E-state index >= 15 is 0 Å². The Morgan fingerprint density at radius 3 is 2.08 bits per heavy atom. The van der Waals surface area contributed by atoms with Crippen LogP contribution in [0.15, 0.2) is 70.8 Å². The molecule has 1 aromatic heterocycles. The number of nitrogens with one attached hydrogen (secondary N) is 7. The fraction of sp³-hybridized carbons (Fsp3) is 0.500. The van der Waals surface area contributed by atoms with E-state index in [9.17, 15) is 48.3 Å². The molecule has 3 aromatic rings. The average molecular weight is 1030 g/mol. The molecular weight excluding hydrogens is 957 g/mol. The number of aliphatic carboxylic acids is 1. The molecule has 74 heavy (non-hydrogen) atoms. The van der Waals surface area contributed by atoms with Gasteiger partial charge in [-0.25, -0.2) is 4.79 Å². The van der Waals surface area contributed by atoms with Crippen molar-refractivity contribution in [3.05, 3.63) is 71.9 Å². The lowest BCUT2D eigenvalue weighted by molar-refractivity contribution is -0.144. The number of hydrogen-bond donors (Lipinski definition) is 13. The third-order valence-corrected chi connectivity index (χ3v) is 12.5. The van der Waals surface area contributed by atoms with Crippen LogP contribution in [-0.4, -0.2) is 131 Å². The molecule has 18 N–H and O–H groups in total. The number of amides is 6. The van der Waals surface area contributed by atoms with Crippen LogP contribution in [0.5, 0.6) is 0 Å². The molecular formula is C50H72N14O10. The SMILES string of the molecule is CC(=O)N[C@@H](CCCN=C(N)N)C(=O)N[C@H]1CCCCNC(=O)C[C@@H](C(=O)O)NC(=O)[C@H](Cc2c[nH]c3ccccc23)CC(=O)[C@H](CCCN=C(N)N)CC(=O)[C@@H](Cc2ccccc2)NC(=O)[C@H](CCN)NC1=O. The van der Waals surface area contributed by atoms with Gasteiger partial charge in [0.1, 0.15) is 30.0 Å². The van der Waals surface area contributed by atoms with Gasteiger partial charge in [0.25, 0.3) is 0 Å². The highest BCUT2D eigenvalue weighted by molar-refractivity contribution is 5.98. The average Bonchev–Trinajstić information content (AvgIpc) is 3.76. The molecule has 0 bridgehead atoms. The minimum Gasteiger partial charge on any atom is -0.480 e. The minimum atomic E-state index is -1.70. The Morgan fingerprint density at radius 1 is 0.743 bits per heavy atom. The lowest BCUT2D eigenvalue weighted by Crippen LogP contribution is -2.58. The van der Waals surface area contributed by atoms with Crippen LogP contribution in [0.4, 0.5) is 0 Å². The molecule has 1 saturated heterocycles. The Balaban J connectivity index is 1.75. The first-order valence-corrected chi connectivity index (χ1v) is 24.8. The summed E-state index contributed by atoms with van der Waals surface area (Å²) in [6.07, 6.45) is 1.08. The highest BCUT2D eigenvalue weighted by Gasteiger charge is 2.35. The summed E-state index contributed by atoms with van der Waals surface area (Å²) in [5.41, 5.74) is 30.1. The summed E-state index contributed by atoms with van der Waals surface area (Å²) in [7, 11) is 0. The number of ketones is 2. The van der Waals surface area contributed by atoms with E-state index < -0.39 is 114 Å². The number of aromatic nitrogens is 1. The summed E-state index contributed by atoms with van der Waals surface area (Å²) in [5, 5.41) is 26.9. The Labute approximate surface area is 429 Å². The number of rotatable bonds is 18. The molecule has 6 amide bonds. The van der Waals surface area contributed by atoms with E-state index in [1.165, 1.54) is 6.92 Å². The van der Waals surface area contributed by atoms with Gasteiger partial charge in [-0.3, -0.25) is 48.3 Å². The molecule has 2 heterocycles. The van der Waals surface area contributed by atoms with Crippen LogP contribution in [0, 0.1) is 11.8 Å².